The number of nitrogens with one attached hydrogen (secondary N) is 1. The summed E-state index contributed by atoms with van der Waals surface area (Å²) >= 11 is 5.30. The Morgan fingerprint density at radius 2 is 1.69 bits per heavy atom. The number of aromatic nitrogens is 3. The van der Waals surface area contributed by atoms with Crippen molar-refractivity contribution in [3.63, 3.8) is 0 Å². The molecule has 7 nitrogen and oxygen atoms in total. The van der Waals surface area contributed by atoms with Gasteiger partial charge in [0.15, 0.2) is 5.82 Å². The molecule has 0 radical (unpaired) electrons. The molecule has 0 saturated heterocycles. The molecule has 0 unspecified atom stereocenters. The summed E-state index contributed by atoms with van der Waals surface area (Å²) in [5.41, 5.74) is 1.61. The maximum absolute atomic E-state index is 5.37. The highest BCUT2D eigenvalue weighted by atomic mass is 32.1. The highest BCUT2D eigenvalue weighted by Crippen LogP contribution is 2.23. The number of hydrogen-bond acceptors (Lipinski definition) is 6. The van der Waals surface area contributed by atoms with Gasteiger partial charge in [-0.25, -0.2) is 5.10 Å². The van der Waals surface area contributed by atoms with E-state index < -0.39 is 0 Å². The summed E-state index contributed by atoms with van der Waals surface area (Å²) < 4.78 is 17.7. The maximum atomic E-state index is 5.37. The van der Waals surface area contributed by atoms with Gasteiger partial charge in [-0.2, -0.15) is 14.9 Å². The van der Waals surface area contributed by atoms with Crippen LogP contribution in [-0.2, 0) is 0 Å². The molecule has 1 N–H and O–H groups in total. The van der Waals surface area contributed by atoms with Crippen LogP contribution in [0.1, 0.15) is 5.56 Å². The van der Waals surface area contributed by atoms with E-state index in [1.165, 1.54) is 0 Å². The third kappa shape index (κ3) is 3.60. The number of ether oxygens (including phenoxy) is 3. The molecule has 3 aromatic rings. The summed E-state index contributed by atoms with van der Waals surface area (Å²) in [6.07, 6.45) is 1.65. The summed E-state index contributed by atoms with van der Waals surface area (Å²) in [6.45, 7) is 0. The minimum Gasteiger partial charge on any atom is -0.497 e. The first-order valence-corrected chi connectivity index (χ1v) is 8.15. The summed E-state index contributed by atoms with van der Waals surface area (Å²) in [5.74, 6) is 2.74. The van der Waals surface area contributed by atoms with E-state index in [2.05, 4.69) is 15.3 Å². The second-order valence-electron chi connectivity index (χ2n) is 5.25. The van der Waals surface area contributed by atoms with E-state index >= 15 is 0 Å². The molecule has 0 saturated carbocycles. The molecule has 0 aliphatic carbocycles. The second kappa shape index (κ2) is 7.83. The zero-order chi connectivity index (χ0) is 18.5. The Kier molecular flexibility index (Phi) is 5.33. The van der Waals surface area contributed by atoms with Gasteiger partial charge in [-0.15, -0.1) is 0 Å². The van der Waals surface area contributed by atoms with Gasteiger partial charge in [-0.1, -0.05) is 0 Å². The molecule has 3 rings (SSSR count). The van der Waals surface area contributed by atoms with E-state index in [1.54, 1.807) is 32.2 Å². The van der Waals surface area contributed by atoms with Gasteiger partial charge in [-0.3, -0.25) is 0 Å². The Balaban J connectivity index is 1.99. The molecule has 26 heavy (non-hydrogen) atoms. The van der Waals surface area contributed by atoms with Crippen molar-refractivity contribution < 1.29 is 14.2 Å². The summed E-state index contributed by atoms with van der Waals surface area (Å²) in [4.78, 5) is 0. The molecule has 0 aliphatic rings. The zero-order valence-electron chi connectivity index (χ0n) is 14.6. The number of nitrogens with zero attached hydrogens (tertiary/aromatic N) is 3. The minimum atomic E-state index is 0.383. The Labute approximate surface area is 155 Å². The molecule has 0 bridgehead atoms. The van der Waals surface area contributed by atoms with Crippen LogP contribution in [0.4, 0.5) is 0 Å². The molecule has 2 aromatic carbocycles. The maximum Gasteiger partial charge on any atom is 0.216 e. The average molecular weight is 370 g/mol. The molecular weight excluding hydrogens is 352 g/mol. The van der Waals surface area contributed by atoms with Gasteiger partial charge in [0.2, 0.25) is 4.77 Å². The van der Waals surface area contributed by atoms with Crippen molar-refractivity contribution in [2.75, 3.05) is 21.3 Å². The molecule has 0 aliphatic heterocycles. The van der Waals surface area contributed by atoms with Crippen molar-refractivity contribution in [1.29, 1.82) is 0 Å². The molecule has 0 spiro atoms. The van der Waals surface area contributed by atoms with Crippen LogP contribution in [0, 0.1) is 4.77 Å². The third-order valence-electron chi connectivity index (χ3n) is 3.75. The highest BCUT2D eigenvalue weighted by Gasteiger charge is 2.09. The summed E-state index contributed by atoms with van der Waals surface area (Å²) in [5, 5.41) is 11.5. The highest BCUT2D eigenvalue weighted by molar-refractivity contribution is 7.71. The van der Waals surface area contributed by atoms with E-state index in [1.807, 2.05) is 42.5 Å². The smallest absolute Gasteiger partial charge is 0.216 e. The normalized spacial score (nSPS) is 10.9. The first-order valence-electron chi connectivity index (χ1n) is 7.74. The molecule has 1 aromatic heterocycles. The van der Waals surface area contributed by atoms with Crippen LogP contribution in [0.15, 0.2) is 47.6 Å². The zero-order valence-corrected chi connectivity index (χ0v) is 15.4. The van der Waals surface area contributed by atoms with Crippen LogP contribution in [0.2, 0.25) is 0 Å². The van der Waals surface area contributed by atoms with Crippen molar-refractivity contribution in [2.24, 2.45) is 5.10 Å². The fraction of sp³-hybridized carbons (Fsp3) is 0.167. The number of aromatic amines is 1. The van der Waals surface area contributed by atoms with Crippen molar-refractivity contribution in [3.05, 3.63) is 52.8 Å². The lowest BCUT2D eigenvalue weighted by molar-refractivity contribution is 0.402. The molecule has 134 valence electrons. The SMILES string of the molecule is COc1ccc(-c2n[nH]c(=S)n2/N=C\c2cc(OC)ccc2OC)cc1. The fourth-order valence-electron chi connectivity index (χ4n) is 2.39. The number of rotatable bonds is 6. The van der Waals surface area contributed by atoms with E-state index in [4.69, 9.17) is 26.4 Å². The Bertz CT molecular complexity index is 977. The topological polar surface area (TPSA) is 73.7 Å². The molecule has 1 heterocycles. The van der Waals surface area contributed by atoms with Crippen LogP contribution in [-0.4, -0.2) is 42.4 Å². The van der Waals surface area contributed by atoms with Crippen molar-refractivity contribution in [3.8, 4) is 28.6 Å². The number of methoxy groups -OCH3 is 3. The molecular formula is C18H18N4O3S. The van der Waals surface area contributed by atoms with Crippen LogP contribution < -0.4 is 14.2 Å². The van der Waals surface area contributed by atoms with Gasteiger partial charge in [0.05, 0.1) is 27.5 Å². The van der Waals surface area contributed by atoms with Gasteiger partial charge >= 0.3 is 0 Å². The minimum absolute atomic E-state index is 0.383. The first-order chi connectivity index (χ1) is 12.7. The Morgan fingerprint density at radius 3 is 2.35 bits per heavy atom. The van der Waals surface area contributed by atoms with Crippen LogP contribution >= 0.6 is 12.2 Å². The van der Waals surface area contributed by atoms with Gasteiger partial charge in [0.25, 0.3) is 0 Å². The summed E-state index contributed by atoms with van der Waals surface area (Å²) in [6, 6.07) is 13.0. The van der Waals surface area contributed by atoms with Gasteiger partial charge in [-0.05, 0) is 54.7 Å². The van der Waals surface area contributed by atoms with E-state index in [-0.39, 0.29) is 0 Å². The van der Waals surface area contributed by atoms with E-state index in [0.29, 0.717) is 22.1 Å². The molecule has 0 atom stereocenters. The second-order valence-corrected chi connectivity index (χ2v) is 5.63. The quantitative estimate of drug-likeness (QED) is 0.531. The van der Waals surface area contributed by atoms with Gasteiger partial charge < -0.3 is 14.2 Å². The van der Waals surface area contributed by atoms with Crippen molar-refractivity contribution in [2.45, 2.75) is 0 Å². The third-order valence-corrected chi connectivity index (χ3v) is 4.01. The van der Waals surface area contributed by atoms with Crippen LogP contribution in [0.25, 0.3) is 11.4 Å². The van der Waals surface area contributed by atoms with E-state index in [0.717, 1.165) is 16.9 Å². The van der Waals surface area contributed by atoms with Crippen molar-refractivity contribution in [1.82, 2.24) is 14.9 Å². The summed E-state index contributed by atoms with van der Waals surface area (Å²) in [7, 11) is 4.83. The molecule has 0 amide bonds. The van der Waals surface area contributed by atoms with Crippen LogP contribution in [0.5, 0.6) is 17.2 Å². The Morgan fingerprint density at radius 1 is 1.00 bits per heavy atom. The fourth-order valence-corrected chi connectivity index (χ4v) is 2.57. The predicted molar refractivity (Wildman–Crippen MR) is 102 cm³/mol. The lowest BCUT2D eigenvalue weighted by Crippen LogP contribution is -1.97. The lowest BCUT2D eigenvalue weighted by atomic mass is 10.2. The molecule has 8 heteroatoms. The van der Waals surface area contributed by atoms with Crippen molar-refractivity contribution >= 4 is 18.4 Å². The Hall–Kier alpha value is -3.13. The number of benzene rings is 2. The monoisotopic (exact) mass is 370 g/mol. The van der Waals surface area contributed by atoms with Gasteiger partial charge in [0, 0.05) is 11.1 Å². The molecule has 0 fully saturated rings. The van der Waals surface area contributed by atoms with E-state index in [9.17, 15) is 0 Å². The lowest BCUT2D eigenvalue weighted by Gasteiger charge is -2.07. The average Bonchev–Trinajstić information content (AvgIpc) is 3.06. The standard InChI is InChI=1S/C18H18N4O3S/c1-23-14-6-4-12(5-7-14)17-20-21-18(26)22(17)19-11-13-10-15(24-2)8-9-16(13)25-3/h4-11H,1-3H3,(H,21,26)/b19-11-. The number of hydrogen-bond donors (Lipinski definition) is 1. The first kappa shape index (κ1) is 17.7. The number of H-pyrrole nitrogens is 1. The largest absolute Gasteiger partial charge is 0.497 e. The van der Waals surface area contributed by atoms with Crippen LogP contribution in [0.3, 0.4) is 0 Å². The predicted octanol–water partition coefficient (Wildman–Crippen LogP) is 3.52. The van der Waals surface area contributed by atoms with Gasteiger partial charge in [0.1, 0.15) is 17.2 Å².